The minimum atomic E-state index is -0.272. The summed E-state index contributed by atoms with van der Waals surface area (Å²) in [6.45, 7) is 2.05. The Hall–Kier alpha value is -2.50. The Bertz CT molecular complexity index is 577. The number of aromatic hydroxyl groups is 1. The van der Waals surface area contributed by atoms with Crippen LogP contribution in [-0.4, -0.2) is 21.2 Å². The molecule has 5 N–H and O–H groups in total. The Balaban J connectivity index is 2.04. The van der Waals surface area contributed by atoms with Gasteiger partial charge in [0.2, 0.25) is 0 Å². The highest BCUT2D eigenvalue weighted by Gasteiger charge is 2.08. The average Bonchev–Trinajstić information content (AvgIpc) is 2.75. The van der Waals surface area contributed by atoms with E-state index in [9.17, 15) is 9.90 Å². The van der Waals surface area contributed by atoms with Crippen LogP contribution in [0.5, 0.6) is 5.75 Å². The summed E-state index contributed by atoms with van der Waals surface area (Å²) in [7, 11) is 0. The molecule has 0 spiro atoms. The van der Waals surface area contributed by atoms with Gasteiger partial charge in [0.05, 0.1) is 6.20 Å². The van der Waals surface area contributed by atoms with E-state index in [1.807, 2.05) is 0 Å². The first kappa shape index (κ1) is 12.0. The quantitative estimate of drug-likeness (QED) is 0.646. The molecule has 1 amide bonds. The van der Waals surface area contributed by atoms with Crippen molar-refractivity contribution in [2.75, 3.05) is 5.73 Å². The van der Waals surface area contributed by atoms with Crippen molar-refractivity contribution in [2.45, 2.75) is 13.5 Å². The summed E-state index contributed by atoms with van der Waals surface area (Å²) in [6.07, 6.45) is 1.56. The molecule has 6 heteroatoms. The van der Waals surface area contributed by atoms with Crippen LogP contribution in [0.4, 0.5) is 5.82 Å². The maximum atomic E-state index is 11.8. The fourth-order valence-electron chi connectivity index (χ4n) is 1.49. The van der Waals surface area contributed by atoms with E-state index in [4.69, 9.17) is 5.73 Å². The van der Waals surface area contributed by atoms with Crippen molar-refractivity contribution in [3.05, 3.63) is 41.1 Å². The van der Waals surface area contributed by atoms with E-state index >= 15 is 0 Å². The molecular formula is C12H14N4O2. The Kier molecular flexibility index (Phi) is 3.18. The third kappa shape index (κ3) is 2.42. The van der Waals surface area contributed by atoms with E-state index < -0.39 is 0 Å². The zero-order valence-electron chi connectivity index (χ0n) is 9.90. The highest BCUT2D eigenvalue weighted by Crippen LogP contribution is 2.17. The van der Waals surface area contributed by atoms with Gasteiger partial charge in [0.1, 0.15) is 11.6 Å². The maximum absolute atomic E-state index is 11.8. The number of phenols is 1. The highest BCUT2D eigenvalue weighted by atomic mass is 16.3. The smallest absolute Gasteiger partial charge is 0.251 e. The van der Waals surface area contributed by atoms with Gasteiger partial charge >= 0.3 is 0 Å². The van der Waals surface area contributed by atoms with Crippen LogP contribution in [0.1, 0.15) is 21.5 Å². The van der Waals surface area contributed by atoms with Gasteiger partial charge in [-0.1, -0.05) is 6.07 Å². The summed E-state index contributed by atoms with van der Waals surface area (Å²) in [6, 6.07) is 4.78. The summed E-state index contributed by atoms with van der Waals surface area (Å²) in [5.74, 6) is 0.262. The summed E-state index contributed by atoms with van der Waals surface area (Å²) >= 11 is 0. The van der Waals surface area contributed by atoms with Crippen molar-refractivity contribution >= 4 is 11.7 Å². The lowest BCUT2D eigenvalue weighted by molar-refractivity contribution is 0.0950. The second-order valence-corrected chi connectivity index (χ2v) is 3.99. The lowest BCUT2D eigenvalue weighted by atomic mass is 10.1. The molecule has 6 nitrogen and oxygen atoms in total. The topological polar surface area (TPSA) is 104 Å². The fourth-order valence-corrected chi connectivity index (χ4v) is 1.49. The summed E-state index contributed by atoms with van der Waals surface area (Å²) in [5, 5.41) is 18.6. The van der Waals surface area contributed by atoms with E-state index in [1.165, 1.54) is 6.07 Å². The van der Waals surface area contributed by atoms with E-state index in [0.29, 0.717) is 11.4 Å². The van der Waals surface area contributed by atoms with Gasteiger partial charge in [-0.25, -0.2) is 0 Å². The number of benzene rings is 1. The van der Waals surface area contributed by atoms with Gasteiger partial charge in [-0.3, -0.25) is 9.89 Å². The number of amides is 1. The molecular weight excluding hydrogens is 232 g/mol. The molecule has 0 radical (unpaired) electrons. The van der Waals surface area contributed by atoms with Crippen LogP contribution in [0.25, 0.3) is 0 Å². The van der Waals surface area contributed by atoms with Gasteiger partial charge in [-0.05, 0) is 24.6 Å². The van der Waals surface area contributed by atoms with Crippen molar-refractivity contribution in [3.8, 4) is 5.75 Å². The molecule has 94 valence electrons. The number of phenolic OH excluding ortho intramolecular Hbond substituents is 1. The fraction of sp³-hybridized carbons (Fsp3) is 0.167. The maximum Gasteiger partial charge on any atom is 0.251 e. The highest BCUT2D eigenvalue weighted by molar-refractivity contribution is 5.94. The predicted octanol–water partition coefficient (Wildman–Crippen LogP) is 0.936. The summed E-state index contributed by atoms with van der Waals surface area (Å²) in [4.78, 5) is 11.8. The standard InChI is InChI=1S/C12H14N4O2/c1-7-2-3-8(4-10(7)17)12(18)14-5-9-6-15-16-11(9)13/h2-4,6,17H,5H2,1H3,(H,14,18)(H3,13,15,16). The van der Waals surface area contributed by atoms with Crippen LogP contribution in [0.3, 0.4) is 0 Å². The second kappa shape index (κ2) is 4.79. The number of H-pyrrole nitrogens is 1. The van der Waals surface area contributed by atoms with Crippen molar-refractivity contribution in [2.24, 2.45) is 0 Å². The third-order valence-corrected chi connectivity index (χ3v) is 2.66. The Morgan fingerprint density at radius 1 is 1.56 bits per heavy atom. The molecule has 0 saturated heterocycles. The molecule has 0 unspecified atom stereocenters. The number of carbonyl (C=O) groups excluding carboxylic acids is 1. The van der Waals surface area contributed by atoms with Gasteiger partial charge in [-0.2, -0.15) is 5.10 Å². The largest absolute Gasteiger partial charge is 0.508 e. The van der Waals surface area contributed by atoms with Gasteiger partial charge in [0.15, 0.2) is 0 Å². The zero-order chi connectivity index (χ0) is 13.1. The first-order valence-corrected chi connectivity index (χ1v) is 5.43. The summed E-state index contributed by atoms with van der Waals surface area (Å²) in [5.41, 5.74) is 7.45. The molecule has 0 aliphatic rings. The molecule has 2 rings (SSSR count). The van der Waals surface area contributed by atoms with E-state index in [0.717, 1.165) is 11.1 Å². The van der Waals surface area contributed by atoms with Crippen molar-refractivity contribution in [3.63, 3.8) is 0 Å². The molecule has 1 heterocycles. The molecule has 0 bridgehead atoms. The molecule has 0 atom stereocenters. The number of hydrogen-bond acceptors (Lipinski definition) is 4. The molecule has 1 aromatic carbocycles. The van der Waals surface area contributed by atoms with E-state index in [1.54, 1.807) is 25.3 Å². The Morgan fingerprint density at radius 2 is 2.33 bits per heavy atom. The normalized spacial score (nSPS) is 10.3. The van der Waals surface area contributed by atoms with Gasteiger partial charge in [0.25, 0.3) is 5.91 Å². The lowest BCUT2D eigenvalue weighted by Crippen LogP contribution is -2.23. The molecule has 2 aromatic rings. The molecule has 0 saturated carbocycles. The number of anilines is 1. The van der Waals surface area contributed by atoms with Crippen molar-refractivity contribution in [1.29, 1.82) is 0 Å². The SMILES string of the molecule is Cc1ccc(C(=O)NCc2cn[nH]c2N)cc1O. The third-order valence-electron chi connectivity index (χ3n) is 2.66. The van der Waals surface area contributed by atoms with Gasteiger partial charge in [0, 0.05) is 17.7 Å². The Morgan fingerprint density at radius 3 is 2.94 bits per heavy atom. The number of nitrogens with one attached hydrogen (secondary N) is 2. The molecule has 0 aliphatic carbocycles. The number of rotatable bonds is 3. The van der Waals surface area contributed by atoms with E-state index in [2.05, 4.69) is 15.5 Å². The number of carbonyl (C=O) groups is 1. The van der Waals surface area contributed by atoms with Gasteiger partial charge < -0.3 is 16.2 Å². The van der Waals surface area contributed by atoms with Crippen LogP contribution in [0, 0.1) is 6.92 Å². The van der Waals surface area contributed by atoms with Crippen LogP contribution >= 0.6 is 0 Å². The summed E-state index contributed by atoms with van der Waals surface area (Å²) < 4.78 is 0. The van der Waals surface area contributed by atoms with Crippen LogP contribution in [0.2, 0.25) is 0 Å². The first-order valence-electron chi connectivity index (χ1n) is 5.43. The molecule has 0 fully saturated rings. The predicted molar refractivity (Wildman–Crippen MR) is 67.0 cm³/mol. The molecule has 1 aromatic heterocycles. The Labute approximate surface area is 104 Å². The zero-order valence-corrected chi connectivity index (χ0v) is 9.90. The minimum absolute atomic E-state index is 0.102. The average molecular weight is 246 g/mol. The second-order valence-electron chi connectivity index (χ2n) is 3.99. The minimum Gasteiger partial charge on any atom is -0.508 e. The number of nitrogens with zero attached hydrogens (tertiary/aromatic N) is 1. The van der Waals surface area contributed by atoms with Crippen molar-refractivity contribution in [1.82, 2.24) is 15.5 Å². The molecule has 0 aliphatic heterocycles. The van der Waals surface area contributed by atoms with Crippen LogP contribution in [0.15, 0.2) is 24.4 Å². The number of aromatic amines is 1. The van der Waals surface area contributed by atoms with Crippen molar-refractivity contribution < 1.29 is 9.90 Å². The van der Waals surface area contributed by atoms with Crippen LogP contribution < -0.4 is 11.1 Å². The monoisotopic (exact) mass is 246 g/mol. The number of hydrogen-bond donors (Lipinski definition) is 4. The van der Waals surface area contributed by atoms with Gasteiger partial charge in [-0.15, -0.1) is 0 Å². The number of nitrogens with two attached hydrogens (primary N) is 1. The molecule has 18 heavy (non-hydrogen) atoms. The lowest BCUT2D eigenvalue weighted by Gasteiger charge is -2.06. The van der Waals surface area contributed by atoms with Crippen LogP contribution in [-0.2, 0) is 6.54 Å². The number of aryl methyl sites for hydroxylation is 1. The number of nitrogen functional groups attached to an aromatic ring is 1. The number of aromatic nitrogens is 2. The first-order chi connectivity index (χ1) is 8.58. The van der Waals surface area contributed by atoms with E-state index in [-0.39, 0.29) is 18.2 Å².